The predicted octanol–water partition coefficient (Wildman–Crippen LogP) is 2.23. The summed E-state index contributed by atoms with van der Waals surface area (Å²) in [5, 5.41) is 2.90. The number of piperidine rings is 1. The first-order valence-electron chi connectivity index (χ1n) is 7.19. The number of carbonyl (C=O) groups is 1. The van der Waals surface area contributed by atoms with Gasteiger partial charge in [0.05, 0.1) is 11.4 Å². The van der Waals surface area contributed by atoms with Crippen LogP contribution in [0.5, 0.6) is 0 Å². The average molecular weight is 285 g/mol. The van der Waals surface area contributed by atoms with Crippen LogP contribution in [0.3, 0.4) is 0 Å². The third kappa shape index (κ3) is 2.99. The van der Waals surface area contributed by atoms with Crippen molar-refractivity contribution in [2.24, 2.45) is 0 Å². The second kappa shape index (κ2) is 5.87. The molecule has 1 amide bonds. The second-order valence-electron chi connectivity index (χ2n) is 5.22. The molecule has 110 valence electrons. The molecule has 1 aliphatic heterocycles. The van der Waals surface area contributed by atoms with Crippen molar-refractivity contribution in [3.8, 4) is 0 Å². The van der Waals surface area contributed by atoms with Crippen molar-refractivity contribution in [2.75, 3.05) is 29.0 Å². The fourth-order valence-corrected chi connectivity index (χ4v) is 2.64. The van der Waals surface area contributed by atoms with E-state index in [4.69, 9.17) is 5.73 Å². The highest BCUT2D eigenvalue weighted by Crippen LogP contribution is 2.30. The Morgan fingerprint density at radius 2 is 2.10 bits per heavy atom. The molecule has 0 spiro atoms. The Labute approximate surface area is 123 Å². The van der Waals surface area contributed by atoms with Crippen LogP contribution in [0.15, 0.2) is 30.6 Å². The van der Waals surface area contributed by atoms with Gasteiger partial charge in [0.25, 0.3) is 5.91 Å². The summed E-state index contributed by atoms with van der Waals surface area (Å²) in [6.45, 7) is 2.01. The second-order valence-corrected chi connectivity index (χ2v) is 5.22. The van der Waals surface area contributed by atoms with E-state index in [0.717, 1.165) is 24.5 Å². The largest absolute Gasteiger partial charge is 0.399 e. The maximum Gasteiger partial charge on any atom is 0.291 e. The summed E-state index contributed by atoms with van der Waals surface area (Å²) >= 11 is 0. The Morgan fingerprint density at radius 1 is 1.29 bits per heavy atom. The minimum atomic E-state index is -0.260. The fraction of sp³-hybridized carbons (Fsp3) is 0.333. The van der Waals surface area contributed by atoms with E-state index in [-0.39, 0.29) is 5.91 Å². The van der Waals surface area contributed by atoms with Crippen molar-refractivity contribution in [2.45, 2.75) is 19.3 Å². The molecular formula is C15H19N5O. The normalized spacial score (nSPS) is 15.0. The topological polar surface area (TPSA) is 87.0 Å². The lowest BCUT2D eigenvalue weighted by molar-refractivity contribution is 0.101. The molecule has 1 fully saturated rings. The van der Waals surface area contributed by atoms with Crippen molar-refractivity contribution >= 4 is 23.0 Å². The van der Waals surface area contributed by atoms with E-state index in [2.05, 4.69) is 20.2 Å². The lowest BCUT2D eigenvalue weighted by Gasteiger charge is -2.30. The molecule has 6 nitrogen and oxygen atoms in total. The summed E-state index contributed by atoms with van der Waals surface area (Å²) in [5.74, 6) is 0.0332. The molecule has 0 bridgehead atoms. The van der Waals surface area contributed by atoms with Crippen molar-refractivity contribution in [1.82, 2.24) is 9.97 Å². The number of rotatable bonds is 3. The van der Waals surface area contributed by atoms with Gasteiger partial charge >= 0.3 is 0 Å². The molecule has 1 aliphatic rings. The van der Waals surface area contributed by atoms with Crippen LogP contribution >= 0.6 is 0 Å². The van der Waals surface area contributed by atoms with Crippen LogP contribution in [0, 0.1) is 0 Å². The van der Waals surface area contributed by atoms with Crippen molar-refractivity contribution in [1.29, 1.82) is 0 Å². The zero-order chi connectivity index (χ0) is 14.7. The minimum Gasteiger partial charge on any atom is -0.399 e. The number of imidazole rings is 1. The molecule has 0 atom stereocenters. The van der Waals surface area contributed by atoms with E-state index in [1.165, 1.54) is 19.3 Å². The average Bonchev–Trinajstić information content (AvgIpc) is 3.03. The van der Waals surface area contributed by atoms with Crippen molar-refractivity contribution in [3.05, 3.63) is 36.4 Å². The lowest BCUT2D eigenvalue weighted by Crippen LogP contribution is -2.30. The van der Waals surface area contributed by atoms with E-state index in [9.17, 15) is 4.79 Å². The number of nitrogens with one attached hydrogen (secondary N) is 2. The minimum absolute atomic E-state index is 0.260. The number of H-pyrrole nitrogens is 1. The first-order chi connectivity index (χ1) is 10.2. The Morgan fingerprint density at radius 3 is 2.81 bits per heavy atom. The number of hydrogen-bond acceptors (Lipinski definition) is 4. The summed E-state index contributed by atoms with van der Waals surface area (Å²) in [4.78, 5) is 21.2. The predicted molar refractivity (Wildman–Crippen MR) is 83.5 cm³/mol. The Bertz CT molecular complexity index is 617. The molecule has 1 saturated heterocycles. The fourth-order valence-electron chi connectivity index (χ4n) is 2.64. The number of hydrogen-bond donors (Lipinski definition) is 3. The Balaban J connectivity index is 1.85. The summed E-state index contributed by atoms with van der Waals surface area (Å²) in [7, 11) is 0. The number of nitrogens with two attached hydrogens (primary N) is 1. The highest BCUT2D eigenvalue weighted by Gasteiger charge is 2.17. The van der Waals surface area contributed by atoms with Crippen LogP contribution in [0.2, 0.25) is 0 Å². The number of amides is 1. The van der Waals surface area contributed by atoms with Gasteiger partial charge in [-0.1, -0.05) is 0 Å². The van der Waals surface area contributed by atoms with Crippen LogP contribution < -0.4 is 16.0 Å². The molecule has 0 unspecified atom stereocenters. The van der Waals surface area contributed by atoms with Crippen LogP contribution in [0.25, 0.3) is 0 Å². The van der Waals surface area contributed by atoms with E-state index in [1.807, 2.05) is 12.1 Å². The molecular weight excluding hydrogens is 266 g/mol. The number of nitrogen functional groups attached to an aromatic ring is 1. The molecule has 0 aliphatic carbocycles. The molecule has 2 aromatic rings. The SMILES string of the molecule is Nc1ccc(N2CCCCC2)c(NC(=O)c2ncc[nH]2)c1. The quantitative estimate of drug-likeness (QED) is 0.755. The Hall–Kier alpha value is -2.50. The van der Waals surface area contributed by atoms with Gasteiger partial charge in [0.2, 0.25) is 0 Å². The van der Waals surface area contributed by atoms with Crippen LogP contribution in [-0.4, -0.2) is 29.0 Å². The van der Waals surface area contributed by atoms with Gasteiger partial charge in [-0.25, -0.2) is 4.98 Å². The maximum atomic E-state index is 12.2. The van der Waals surface area contributed by atoms with E-state index in [0.29, 0.717) is 11.5 Å². The summed E-state index contributed by atoms with van der Waals surface area (Å²) < 4.78 is 0. The molecule has 6 heteroatoms. The number of nitrogens with zero attached hydrogens (tertiary/aromatic N) is 2. The van der Waals surface area contributed by atoms with Crippen LogP contribution in [0.4, 0.5) is 17.1 Å². The molecule has 2 heterocycles. The molecule has 1 aromatic heterocycles. The van der Waals surface area contributed by atoms with E-state index >= 15 is 0 Å². The van der Waals surface area contributed by atoms with Gasteiger partial charge in [-0.15, -0.1) is 0 Å². The molecule has 0 saturated carbocycles. The number of anilines is 3. The molecule has 1 aromatic carbocycles. The summed E-state index contributed by atoms with van der Waals surface area (Å²) in [5.41, 5.74) is 8.24. The maximum absolute atomic E-state index is 12.2. The van der Waals surface area contributed by atoms with Gasteiger partial charge in [-0.3, -0.25) is 4.79 Å². The lowest BCUT2D eigenvalue weighted by atomic mass is 10.1. The third-order valence-corrected chi connectivity index (χ3v) is 3.68. The van der Waals surface area contributed by atoms with Gasteiger partial charge in [0, 0.05) is 31.2 Å². The first kappa shape index (κ1) is 13.5. The van der Waals surface area contributed by atoms with Gasteiger partial charge in [0.15, 0.2) is 5.82 Å². The van der Waals surface area contributed by atoms with Crippen molar-refractivity contribution < 1.29 is 4.79 Å². The van der Waals surface area contributed by atoms with E-state index in [1.54, 1.807) is 18.5 Å². The zero-order valence-corrected chi connectivity index (χ0v) is 11.8. The number of aromatic amines is 1. The molecule has 4 N–H and O–H groups in total. The zero-order valence-electron chi connectivity index (χ0n) is 11.8. The molecule has 3 rings (SSSR count). The van der Waals surface area contributed by atoms with Gasteiger partial charge in [-0.05, 0) is 37.5 Å². The van der Waals surface area contributed by atoms with Crippen molar-refractivity contribution in [3.63, 3.8) is 0 Å². The van der Waals surface area contributed by atoms with Gasteiger partial charge in [0.1, 0.15) is 0 Å². The summed E-state index contributed by atoms with van der Waals surface area (Å²) in [6.07, 6.45) is 6.80. The number of carbonyl (C=O) groups excluding carboxylic acids is 1. The van der Waals surface area contributed by atoms with Gasteiger partial charge in [-0.2, -0.15) is 0 Å². The number of benzene rings is 1. The van der Waals surface area contributed by atoms with Crippen LogP contribution in [0.1, 0.15) is 29.9 Å². The molecule has 0 radical (unpaired) electrons. The highest BCUT2D eigenvalue weighted by atomic mass is 16.2. The number of aromatic nitrogens is 2. The molecule has 21 heavy (non-hydrogen) atoms. The Kier molecular flexibility index (Phi) is 3.77. The highest BCUT2D eigenvalue weighted by molar-refractivity contribution is 6.03. The van der Waals surface area contributed by atoms with Gasteiger partial charge < -0.3 is 20.9 Å². The monoisotopic (exact) mass is 285 g/mol. The third-order valence-electron chi connectivity index (χ3n) is 3.68. The standard InChI is InChI=1S/C15H19N5O/c16-11-4-5-13(20-8-2-1-3-9-20)12(10-11)19-15(21)14-17-6-7-18-14/h4-7,10H,1-3,8-9,16H2,(H,17,18)(H,19,21). The smallest absolute Gasteiger partial charge is 0.291 e. The van der Waals surface area contributed by atoms with E-state index < -0.39 is 0 Å². The summed E-state index contributed by atoms with van der Waals surface area (Å²) in [6, 6.07) is 5.63. The van der Waals surface area contributed by atoms with Crippen LogP contribution in [-0.2, 0) is 0 Å². The first-order valence-corrected chi connectivity index (χ1v) is 7.19.